The number of rotatable bonds is 4. The third-order valence-corrected chi connectivity index (χ3v) is 5.59. The van der Waals surface area contributed by atoms with Gasteiger partial charge < -0.3 is 0 Å². The Kier molecular flexibility index (Phi) is 5.00. The van der Waals surface area contributed by atoms with Gasteiger partial charge in [0.15, 0.2) is 9.84 Å². The molecule has 2 rings (SSSR count). The molecule has 0 aliphatic carbocycles. The van der Waals surface area contributed by atoms with Crippen molar-refractivity contribution in [3.63, 3.8) is 0 Å². The van der Waals surface area contributed by atoms with E-state index in [9.17, 15) is 23.3 Å². The molecule has 1 N–H and O–H groups in total. The van der Waals surface area contributed by atoms with Crippen LogP contribution in [0.2, 0.25) is 5.02 Å². The number of carbonyl (C=O) groups is 1. The maximum atomic E-state index is 11.9. The van der Waals surface area contributed by atoms with Crippen LogP contribution in [-0.4, -0.2) is 36.5 Å². The molecule has 0 saturated carbocycles. The molecule has 1 aromatic rings. The van der Waals surface area contributed by atoms with E-state index < -0.39 is 26.6 Å². The zero-order chi connectivity index (χ0) is 17.2. The third-order valence-electron chi connectivity index (χ3n) is 3.50. The average Bonchev–Trinajstić information content (AvgIpc) is 2.84. The summed E-state index contributed by atoms with van der Waals surface area (Å²) in [6.07, 6.45) is 0.273. The summed E-state index contributed by atoms with van der Waals surface area (Å²) >= 11 is 5.73. The highest BCUT2D eigenvalue weighted by atomic mass is 35.5. The smallest absolute Gasteiger partial charge is 0.273 e. The zero-order valence-corrected chi connectivity index (χ0v) is 13.7. The van der Waals surface area contributed by atoms with Gasteiger partial charge in [0.1, 0.15) is 5.02 Å². The Morgan fingerprint density at radius 3 is 2.74 bits per heavy atom. The largest absolute Gasteiger partial charge is 0.288 e. The molecule has 0 radical (unpaired) electrons. The molecular weight excluding hydrogens is 346 g/mol. The monoisotopic (exact) mass is 359 g/mol. The number of hydrogen-bond donors (Lipinski definition) is 1. The van der Waals surface area contributed by atoms with Gasteiger partial charge in [-0.15, -0.1) is 0 Å². The van der Waals surface area contributed by atoms with Crippen LogP contribution in [0.25, 0.3) is 0 Å². The predicted octanol–water partition coefficient (Wildman–Crippen LogP) is 1.52. The van der Waals surface area contributed by atoms with Crippen molar-refractivity contribution in [3.8, 4) is 0 Å². The number of nitrogens with zero attached hydrogens (tertiary/aromatic N) is 2. The van der Waals surface area contributed by atoms with Crippen molar-refractivity contribution in [2.75, 3.05) is 11.5 Å². The van der Waals surface area contributed by atoms with Gasteiger partial charge in [0, 0.05) is 11.6 Å². The third kappa shape index (κ3) is 4.26. The molecule has 0 spiro atoms. The van der Waals surface area contributed by atoms with E-state index in [1.165, 1.54) is 12.1 Å². The van der Waals surface area contributed by atoms with Gasteiger partial charge >= 0.3 is 0 Å². The van der Waals surface area contributed by atoms with E-state index in [0.717, 1.165) is 0 Å². The lowest BCUT2D eigenvalue weighted by Gasteiger charge is -2.07. The van der Waals surface area contributed by atoms with Gasteiger partial charge in [0.05, 0.1) is 28.1 Å². The molecule has 1 fully saturated rings. The van der Waals surface area contributed by atoms with Gasteiger partial charge in [-0.3, -0.25) is 14.9 Å². The zero-order valence-electron chi connectivity index (χ0n) is 12.2. The van der Waals surface area contributed by atoms with Crippen LogP contribution in [-0.2, 0) is 14.6 Å². The molecule has 23 heavy (non-hydrogen) atoms. The van der Waals surface area contributed by atoms with Crippen LogP contribution in [0.1, 0.15) is 18.9 Å². The molecular formula is C13H14ClN3O5S. The van der Waals surface area contributed by atoms with Crippen LogP contribution in [0.4, 0.5) is 5.69 Å². The number of carbonyl (C=O) groups excluding carboxylic acids is 1. The lowest BCUT2D eigenvalue weighted by molar-refractivity contribution is -0.384. The number of benzene rings is 1. The van der Waals surface area contributed by atoms with Crippen molar-refractivity contribution in [3.05, 3.63) is 38.9 Å². The summed E-state index contributed by atoms with van der Waals surface area (Å²) in [4.78, 5) is 22.1. The maximum Gasteiger partial charge on any atom is 0.288 e. The fraction of sp³-hybridized carbons (Fsp3) is 0.385. The van der Waals surface area contributed by atoms with Crippen molar-refractivity contribution in [2.24, 2.45) is 11.0 Å². The molecule has 0 unspecified atom stereocenters. The Morgan fingerprint density at radius 1 is 1.48 bits per heavy atom. The Balaban J connectivity index is 2.10. The molecule has 1 saturated heterocycles. The molecule has 1 amide bonds. The van der Waals surface area contributed by atoms with Gasteiger partial charge in [0.2, 0.25) is 5.91 Å². The first-order valence-corrected chi connectivity index (χ1v) is 8.88. The number of nitro groups is 1. The number of nitro benzene ring substituents is 1. The van der Waals surface area contributed by atoms with E-state index in [1.807, 2.05) is 0 Å². The molecule has 124 valence electrons. The van der Waals surface area contributed by atoms with E-state index >= 15 is 0 Å². The second-order valence-corrected chi connectivity index (χ2v) is 7.83. The fourth-order valence-corrected chi connectivity index (χ4v) is 4.10. The maximum absolute atomic E-state index is 11.9. The summed E-state index contributed by atoms with van der Waals surface area (Å²) in [6, 6.07) is 4.17. The van der Waals surface area contributed by atoms with E-state index in [1.54, 1.807) is 13.0 Å². The van der Waals surface area contributed by atoms with Crippen molar-refractivity contribution in [1.82, 2.24) is 5.43 Å². The summed E-state index contributed by atoms with van der Waals surface area (Å²) in [5.41, 5.74) is 2.83. The van der Waals surface area contributed by atoms with Crippen LogP contribution in [0.5, 0.6) is 0 Å². The quantitative estimate of drug-likeness (QED) is 0.496. The van der Waals surface area contributed by atoms with E-state index in [4.69, 9.17) is 11.6 Å². The molecule has 10 heteroatoms. The number of nitrogens with one attached hydrogen (secondary N) is 1. The molecule has 1 aliphatic rings. The van der Waals surface area contributed by atoms with Crippen molar-refractivity contribution in [1.29, 1.82) is 0 Å². The highest BCUT2D eigenvalue weighted by molar-refractivity contribution is 7.91. The predicted molar refractivity (Wildman–Crippen MR) is 85.2 cm³/mol. The number of hydrazone groups is 1. The van der Waals surface area contributed by atoms with Crippen molar-refractivity contribution in [2.45, 2.75) is 13.3 Å². The van der Waals surface area contributed by atoms with Crippen LogP contribution in [0, 0.1) is 16.0 Å². The van der Waals surface area contributed by atoms with E-state index in [-0.39, 0.29) is 28.6 Å². The summed E-state index contributed by atoms with van der Waals surface area (Å²) in [6.45, 7) is 1.57. The molecule has 1 atom stereocenters. The SMILES string of the molecule is C/C(=N/NC(=O)[C@H]1CCS(=O)(=O)C1)c1ccc(Cl)c([N+](=O)[O-])c1. The van der Waals surface area contributed by atoms with Crippen LogP contribution in [0.15, 0.2) is 23.3 Å². The molecule has 1 aromatic carbocycles. The summed E-state index contributed by atoms with van der Waals surface area (Å²) in [5.74, 6) is -1.28. The second kappa shape index (κ2) is 6.63. The molecule has 1 heterocycles. The van der Waals surface area contributed by atoms with E-state index in [2.05, 4.69) is 10.5 Å². The minimum atomic E-state index is -3.15. The van der Waals surface area contributed by atoms with E-state index in [0.29, 0.717) is 11.3 Å². The number of sulfone groups is 1. The molecule has 0 bridgehead atoms. The topological polar surface area (TPSA) is 119 Å². The molecule has 1 aliphatic heterocycles. The Morgan fingerprint density at radius 2 is 2.17 bits per heavy atom. The number of amides is 1. The minimum Gasteiger partial charge on any atom is -0.273 e. The highest BCUT2D eigenvalue weighted by Crippen LogP contribution is 2.25. The fourth-order valence-electron chi connectivity index (χ4n) is 2.17. The molecule has 0 aromatic heterocycles. The molecule has 8 nitrogen and oxygen atoms in total. The Hall–Kier alpha value is -2.00. The second-order valence-electron chi connectivity index (χ2n) is 5.20. The lowest BCUT2D eigenvalue weighted by Crippen LogP contribution is -2.28. The Labute approximate surface area is 137 Å². The number of hydrogen-bond acceptors (Lipinski definition) is 6. The van der Waals surface area contributed by atoms with Gasteiger partial charge in [-0.2, -0.15) is 5.10 Å². The summed E-state index contributed by atoms with van der Waals surface area (Å²) in [5, 5.41) is 14.7. The van der Waals surface area contributed by atoms with Gasteiger partial charge in [-0.05, 0) is 19.4 Å². The first-order valence-electron chi connectivity index (χ1n) is 6.68. The first kappa shape index (κ1) is 17.4. The summed E-state index contributed by atoms with van der Waals surface area (Å²) < 4.78 is 22.7. The standard InChI is InChI=1S/C13H14ClN3O5S/c1-8(9-2-3-11(14)12(6-9)17(19)20)15-16-13(18)10-4-5-23(21,22)7-10/h2-3,6,10H,4-5,7H2,1H3,(H,16,18)/b15-8-/t10-/m0/s1. The summed E-state index contributed by atoms with van der Waals surface area (Å²) in [7, 11) is -3.15. The Bertz CT molecular complexity index is 791. The van der Waals surface area contributed by atoms with Gasteiger partial charge in [0.25, 0.3) is 5.69 Å². The highest BCUT2D eigenvalue weighted by Gasteiger charge is 2.32. The normalized spacial score (nSPS) is 20.3. The first-order chi connectivity index (χ1) is 10.7. The minimum absolute atomic E-state index is 0.00282. The van der Waals surface area contributed by atoms with Gasteiger partial charge in [-0.25, -0.2) is 13.8 Å². The van der Waals surface area contributed by atoms with Crippen LogP contribution >= 0.6 is 11.6 Å². The van der Waals surface area contributed by atoms with Crippen LogP contribution < -0.4 is 5.43 Å². The lowest BCUT2D eigenvalue weighted by atomic mass is 10.1. The number of halogens is 1. The van der Waals surface area contributed by atoms with Crippen molar-refractivity contribution >= 4 is 38.7 Å². The average molecular weight is 360 g/mol. The van der Waals surface area contributed by atoms with Gasteiger partial charge in [-0.1, -0.05) is 17.7 Å². The van der Waals surface area contributed by atoms with Crippen molar-refractivity contribution < 1.29 is 18.1 Å². The van der Waals surface area contributed by atoms with Crippen LogP contribution in [0.3, 0.4) is 0 Å².